The van der Waals surface area contributed by atoms with Gasteiger partial charge in [0, 0.05) is 19.7 Å². The Bertz CT molecular complexity index is 307. The Balaban J connectivity index is 2.18. The zero-order valence-corrected chi connectivity index (χ0v) is 9.57. The fourth-order valence-electron chi connectivity index (χ4n) is 1.52. The van der Waals surface area contributed by atoms with Crippen molar-refractivity contribution in [1.29, 1.82) is 0 Å². The topological polar surface area (TPSA) is 47.8 Å². The third kappa shape index (κ3) is 4.72. The van der Waals surface area contributed by atoms with Crippen LogP contribution in [-0.2, 0) is 18.3 Å². The van der Waals surface area contributed by atoms with E-state index >= 15 is 0 Å². The summed E-state index contributed by atoms with van der Waals surface area (Å²) in [6.45, 7) is 2.17. The molecule has 0 aliphatic rings. The molecule has 0 saturated carbocycles. The van der Waals surface area contributed by atoms with E-state index < -0.39 is 0 Å². The minimum Gasteiger partial charge on any atom is -0.299 e. The number of unbranched alkanes of at least 4 members (excludes halogenated alkanes) is 3. The Morgan fingerprint density at radius 2 is 2.20 bits per heavy atom. The maximum absolute atomic E-state index is 11.5. The third-order valence-corrected chi connectivity index (χ3v) is 2.34. The average molecular weight is 209 g/mol. The van der Waals surface area contributed by atoms with Gasteiger partial charge in [-0.15, -0.1) is 5.10 Å². The Labute approximate surface area is 90.7 Å². The molecule has 0 atom stereocenters. The quantitative estimate of drug-likeness (QED) is 0.644. The molecule has 0 aliphatic carbocycles. The average Bonchev–Trinajstić information content (AvgIpc) is 2.59. The van der Waals surface area contributed by atoms with Crippen molar-refractivity contribution in [3.8, 4) is 0 Å². The van der Waals surface area contributed by atoms with Crippen molar-refractivity contribution in [2.45, 2.75) is 45.4 Å². The van der Waals surface area contributed by atoms with Crippen LogP contribution >= 0.6 is 0 Å². The van der Waals surface area contributed by atoms with E-state index in [1.54, 1.807) is 10.9 Å². The van der Waals surface area contributed by atoms with Crippen molar-refractivity contribution < 1.29 is 4.79 Å². The molecule has 1 aromatic heterocycles. The first-order valence-electron chi connectivity index (χ1n) is 5.59. The number of nitrogens with zero attached hydrogens (tertiary/aromatic N) is 3. The van der Waals surface area contributed by atoms with Crippen LogP contribution in [0.2, 0.25) is 0 Å². The standard InChI is InChI=1S/C11H19N3O/c1-3-4-5-6-7-11(15)8-10-9-14(2)13-12-10/h9H,3-8H2,1-2H3. The lowest BCUT2D eigenvalue weighted by Gasteiger charge is -1.98. The van der Waals surface area contributed by atoms with Crippen LogP contribution < -0.4 is 0 Å². The maximum Gasteiger partial charge on any atom is 0.138 e. The van der Waals surface area contributed by atoms with Crippen molar-refractivity contribution in [2.75, 3.05) is 0 Å². The number of carbonyl (C=O) groups is 1. The normalized spacial score (nSPS) is 10.5. The highest BCUT2D eigenvalue weighted by Gasteiger charge is 2.06. The monoisotopic (exact) mass is 209 g/mol. The second-order valence-electron chi connectivity index (χ2n) is 3.91. The highest BCUT2D eigenvalue weighted by Crippen LogP contribution is 2.05. The van der Waals surface area contributed by atoms with Gasteiger partial charge in [-0.25, -0.2) is 0 Å². The molecular formula is C11H19N3O. The first-order valence-corrected chi connectivity index (χ1v) is 5.59. The lowest BCUT2D eigenvalue weighted by molar-refractivity contribution is -0.118. The fourth-order valence-corrected chi connectivity index (χ4v) is 1.52. The summed E-state index contributed by atoms with van der Waals surface area (Å²) in [5, 5.41) is 7.69. The molecule has 15 heavy (non-hydrogen) atoms. The second-order valence-corrected chi connectivity index (χ2v) is 3.91. The molecule has 1 rings (SSSR count). The van der Waals surface area contributed by atoms with Crippen LogP contribution in [0.1, 0.15) is 44.7 Å². The second kappa shape index (κ2) is 6.32. The molecule has 4 nitrogen and oxygen atoms in total. The molecule has 0 spiro atoms. The minimum atomic E-state index is 0.270. The Morgan fingerprint density at radius 1 is 1.40 bits per heavy atom. The van der Waals surface area contributed by atoms with Gasteiger partial charge in [-0.05, 0) is 6.42 Å². The predicted octanol–water partition coefficient (Wildman–Crippen LogP) is 1.90. The number of rotatable bonds is 7. The number of hydrogen-bond donors (Lipinski definition) is 0. The van der Waals surface area contributed by atoms with Gasteiger partial charge in [-0.2, -0.15) is 0 Å². The molecule has 0 radical (unpaired) electrons. The molecule has 0 amide bonds. The van der Waals surface area contributed by atoms with Crippen LogP contribution in [0.4, 0.5) is 0 Å². The first kappa shape index (κ1) is 11.9. The van der Waals surface area contributed by atoms with Crippen LogP contribution in [-0.4, -0.2) is 20.8 Å². The number of aryl methyl sites for hydroxylation is 1. The van der Waals surface area contributed by atoms with Crippen LogP contribution in [0, 0.1) is 0 Å². The molecule has 0 aliphatic heterocycles. The van der Waals surface area contributed by atoms with Crippen molar-refractivity contribution in [3.63, 3.8) is 0 Å². The smallest absolute Gasteiger partial charge is 0.138 e. The summed E-state index contributed by atoms with van der Waals surface area (Å²) >= 11 is 0. The number of hydrogen-bond acceptors (Lipinski definition) is 3. The van der Waals surface area contributed by atoms with Gasteiger partial charge in [-0.3, -0.25) is 9.48 Å². The van der Waals surface area contributed by atoms with Crippen molar-refractivity contribution in [2.24, 2.45) is 7.05 Å². The molecule has 1 aromatic rings. The van der Waals surface area contributed by atoms with E-state index in [0.717, 1.165) is 18.5 Å². The predicted molar refractivity (Wildman–Crippen MR) is 58.5 cm³/mol. The molecule has 0 aromatic carbocycles. The van der Waals surface area contributed by atoms with Gasteiger partial charge in [0.25, 0.3) is 0 Å². The van der Waals surface area contributed by atoms with Crippen molar-refractivity contribution in [1.82, 2.24) is 15.0 Å². The van der Waals surface area contributed by atoms with Gasteiger partial charge in [-0.1, -0.05) is 31.4 Å². The number of aromatic nitrogens is 3. The Morgan fingerprint density at radius 3 is 2.80 bits per heavy atom. The summed E-state index contributed by atoms with van der Waals surface area (Å²) in [5.74, 6) is 0.270. The number of Topliss-reactive ketones (excluding diaryl/α,β-unsaturated/α-hetero) is 1. The molecule has 0 bridgehead atoms. The van der Waals surface area contributed by atoms with E-state index in [1.165, 1.54) is 12.8 Å². The van der Waals surface area contributed by atoms with Gasteiger partial charge < -0.3 is 0 Å². The summed E-state index contributed by atoms with van der Waals surface area (Å²) in [6.07, 6.45) is 7.49. The van der Waals surface area contributed by atoms with Gasteiger partial charge in [0.1, 0.15) is 5.78 Å². The molecule has 4 heteroatoms. The van der Waals surface area contributed by atoms with E-state index in [9.17, 15) is 4.79 Å². The van der Waals surface area contributed by atoms with Crippen LogP contribution in [0.3, 0.4) is 0 Å². The Hall–Kier alpha value is -1.19. The largest absolute Gasteiger partial charge is 0.299 e. The minimum absolute atomic E-state index is 0.270. The van der Waals surface area contributed by atoms with Crippen LogP contribution in [0.5, 0.6) is 0 Å². The van der Waals surface area contributed by atoms with Crippen molar-refractivity contribution >= 4 is 5.78 Å². The number of carbonyl (C=O) groups excluding carboxylic acids is 1. The molecule has 1 heterocycles. The lowest BCUT2D eigenvalue weighted by atomic mass is 10.1. The van der Waals surface area contributed by atoms with E-state index in [-0.39, 0.29) is 5.78 Å². The highest BCUT2D eigenvalue weighted by molar-refractivity contribution is 5.80. The Kier molecular flexibility index (Phi) is 5.01. The summed E-state index contributed by atoms with van der Waals surface area (Å²) in [4.78, 5) is 11.5. The van der Waals surface area contributed by atoms with Gasteiger partial charge in [0.15, 0.2) is 0 Å². The zero-order chi connectivity index (χ0) is 11.1. The first-order chi connectivity index (χ1) is 7.22. The van der Waals surface area contributed by atoms with E-state index in [2.05, 4.69) is 17.2 Å². The van der Waals surface area contributed by atoms with E-state index in [0.29, 0.717) is 12.8 Å². The molecule has 0 N–H and O–H groups in total. The SMILES string of the molecule is CCCCCCC(=O)Cc1cn(C)nn1. The maximum atomic E-state index is 11.5. The highest BCUT2D eigenvalue weighted by atomic mass is 16.1. The van der Waals surface area contributed by atoms with E-state index in [1.807, 2.05) is 7.05 Å². The zero-order valence-electron chi connectivity index (χ0n) is 9.57. The number of ketones is 1. The molecule has 84 valence electrons. The summed E-state index contributed by atoms with van der Waals surface area (Å²) < 4.78 is 1.62. The van der Waals surface area contributed by atoms with Crippen molar-refractivity contribution in [3.05, 3.63) is 11.9 Å². The van der Waals surface area contributed by atoms with Crippen LogP contribution in [0.25, 0.3) is 0 Å². The summed E-state index contributed by atoms with van der Waals surface area (Å²) in [7, 11) is 1.81. The molecular weight excluding hydrogens is 190 g/mol. The van der Waals surface area contributed by atoms with Crippen LogP contribution in [0.15, 0.2) is 6.20 Å². The van der Waals surface area contributed by atoms with E-state index in [4.69, 9.17) is 0 Å². The molecule has 0 saturated heterocycles. The fraction of sp³-hybridized carbons (Fsp3) is 0.727. The van der Waals surface area contributed by atoms with Gasteiger partial charge in [0.05, 0.1) is 12.1 Å². The molecule has 0 unspecified atom stereocenters. The van der Waals surface area contributed by atoms with Gasteiger partial charge in [0.2, 0.25) is 0 Å². The molecule has 0 fully saturated rings. The summed E-state index contributed by atoms with van der Waals surface area (Å²) in [5.41, 5.74) is 0.776. The summed E-state index contributed by atoms with van der Waals surface area (Å²) in [6, 6.07) is 0. The third-order valence-electron chi connectivity index (χ3n) is 2.34. The van der Waals surface area contributed by atoms with Gasteiger partial charge >= 0.3 is 0 Å². The lowest BCUT2D eigenvalue weighted by Crippen LogP contribution is -2.02.